The molecule has 5 heteroatoms. The van der Waals surface area contributed by atoms with Gasteiger partial charge in [0.1, 0.15) is 5.69 Å². The van der Waals surface area contributed by atoms with Gasteiger partial charge < -0.3 is 14.6 Å². The van der Waals surface area contributed by atoms with Gasteiger partial charge in [-0.25, -0.2) is 0 Å². The van der Waals surface area contributed by atoms with Crippen LogP contribution in [-0.4, -0.2) is 29.3 Å². The van der Waals surface area contributed by atoms with Crippen LogP contribution in [0.3, 0.4) is 0 Å². The second-order valence-corrected chi connectivity index (χ2v) is 6.47. The fourth-order valence-corrected chi connectivity index (χ4v) is 3.80. The van der Waals surface area contributed by atoms with E-state index in [2.05, 4.69) is 10.5 Å². The van der Waals surface area contributed by atoms with Crippen molar-refractivity contribution in [2.75, 3.05) is 6.61 Å². The molecule has 2 aliphatic rings. The molecule has 0 unspecified atom stereocenters. The van der Waals surface area contributed by atoms with Crippen molar-refractivity contribution < 1.29 is 14.1 Å². The van der Waals surface area contributed by atoms with Gasteiger partial charge in [-0.1, -0.05) is 30.1 Å². The molecule has 1 aromatic heterocycles. The third kappa shape index (κ3) is 2.50. The van der Waals surface area contributed by atoms with Crippen LogP contribution in [0, 0.1) is 0 Å². The lowest BCUT2D eigenvalue weighted by atomic mass is 9.96. The average molecular weight is 300 g/mol. The van der Waals surface area contributed by atoms with Gasteiger partial charge in [-0.3, -0.25) is 4.79 Å². The Bertz CT molecular complexity index is 688. The lowest BCUT2D eigenvalue weighted by Crippen LogP contribution is -2.37. The van der Waals surface area contributed by atoms with Crippen LogP contribution in [0.5, 0.6) is 0 Å². The second-order valence-electron chi connectivity index (χ2n) is 6.47. The molecular weight excluding hydrogens is 280 g/mol. The Morgan fingerprint density at radius 3 is 3.00 bits per heavy atom. The predicted octanol–water partition coefficient (Wildman–Crippen LogP) is 2.59. The van der Waals surface area contributed by atoms with Crippen molar-refractivity contribution in [1.29, 1.82) is 0 Å². The molecule has 4 rings (SSSR count). The van der Waals surface area contributed by atoms with Crippen LogP contribution in [0.2, 0.25) is 0 Å². The molecule has 2 heterocycles. The van der Waals surface area contributed by atoms with E-state index in [0.717, 1.165) is 30.2 Å². The smallest absolute Gasteiger partial charge is 0.226 e. The summed E-state index contributed by atoms with van der Waals surface area (Å²) in [6.45, 7) is 0.630. The van der Waals surface area contributed by atoms with Gasteiger partial charge in [0.2, 0.25) is 5.91 Å². The van der Waals surface area contributed by atoms with Crippen LogP contribution in [-0.2, 0) is 16.0 Å². The molecule has 1 aliphatic carbocycles. The number of nitrogens with zero attached hydrogens (tertiary/aromatic N) is 1. The molecule has 0 radical (unpaired) electrons. The van der Waals surface area contributed by atoms with Crippen LogP contribution in [0.25, 0.3) is 11.0 Å². The van der Waals surface area contributed by atoms with Gasteiger partial charge in [0.15, 0.2) is 5.58 Å². The Morgan fingerprint density at radius 2 is 2.14 bits per heavy atom. The van der Waals surface area contributed by atoms with E-state index in [1.807, 2.05) is 24.3 Å². The molecular formula is C17H20N2O3. The summed E-state index contributed by atoms with van der Waals surface area (Å²) in [5.41, 5.74) is 1.46. The number of benzene rings is 1. The fraction of sp³-hybridized carbons (Fsp3) is 0.529. The first-order valence-corrected chi connectivity index (χ1v) is 8.01. The standard InChI is InChI=1S/C17H20N2O3/c20-16(9-14-13-5-1-2-6-15(13)22-19-14)18-12-10-17(21-11-12)7-3-4-8-17/h1-2,5-6,12H,3-4,7-11H2,(H,18,20)/t12-/m1/s1. The summed E-state index contributed by atoms with van der Waals surface area (Å²) in [4.78, 5) is 12.3. The van der Waals surface area contributed by atoms with Crippen LogP contribution < -0.4 is 5.32 Å². The van der Waals surface area contributed by atoms with Gasteiger partial charge in [-0.05, 0) is 31.4 Å². The first-order chi connectivity index (χ1) is 10.7. The summed E-state index contributed by atoms with van der Waals surface area (Å²) in [7, 11) is 0. The molecule has 5 nitrogen and oxygen atoms in total. The maximum Gasteiger partial charge on any atom is 0.226 e. The maximum absolute atomic E-state index is 12.3. The molecule has 1 atom stereocenters. The zero-order valence-corrected chi connectivity index (χ0v) is 12.5. The summed E-state index contributed by atoms with van der Waals surface area (Å²) < 4.78 is 11.2. The third-order valence-electron chi connectivity index (χ3n) is 4.87. The molecule has 1 N–H and O–H groups in total. The van der Waals surface area contributed by atoms with E-state index in [1.165, 1.54) is 12.8 Å². The molecule has 1 amide bonds. The van der Waals surface area contributed by atoms with Crippen molar-refractivity contribution in [2.45, 2.75) is 50.2 Å². The van der Waals surface area contributed by atoms with E-state index < -0.39 is 0 Å². The highest BCUT2D eigenvalue weighted by molar-refractivity contribution is 5.86. The molecule has 1 spiro atoms. The summed E-state index contributed by atoms with van der Waals surface area (Å²) in [5.74, 6) is -0.0114. The topological polar surface area (TPSA) is 64.4 Å². The number of carbonyl (C=O) groups is 1. The zero-order valence-electron chi connectivity index (χ0n) is 12.5. The Balaban J connectivity index is 1.39. The molecule has 1 aromatic carbocycles. The van der Waals surface area contributed by atoms with Crippen molar-refractivity contribution >= 4 is 16.9 Å². The van der Waals surface area contributed by atoms with E-state index in [1.54, 1.807) is 0 Å². The van der Waals surface area contributed by atoms with Gasteiger partial charge in [0, 0.05) is 5.39 Å². The number of aromatic nitrogens is 1. The minimum absolute atomic E-state index is 0.0114. The van der Waals surface area contributed by atoms with Gasteiger partial charge in [0.05, 0.1) is 24.7 Å². The molecule has 22 heavy (non-hydrogen) atoms. The van der Waals surface area contributed by atoms with Crippen LogP contribution >= 0.6 is 0 Å². The quantitative estimate of drug-likeness (QED) is 0.946. The number of nitrogens with one attached hydrogen (secondary N) is 1. The normalized spacial score (nSPS) is 23.4. The number of ether oxygens (including phenoxy) is 1. The van der Waals surface area contributed by atoms with Gasteiger partial charge >= 0.3 is 0 Å². The minimum atomic E-state index is -0.0114. The number of rotatable bonds is 3. The lowest BCUT2D eigenvalue weighted by molar-refractivity contribution is -0.121. The average Bonchev–Trinajstić information content (AvgIpc) is 3.23. The van der Waals surface area contributed by atoms with Crippen LogP contribution in [0.15, 0.2) is 28.8 Å². The van der Waals surface area contributed by atoms with Crippen molar-refractivity contribution in [1.82, 2.24) is 10.5 Å². The monoisotopic (exact) mass is 300 g/mol. The maximum atomic E-state index is 12.3. The number of amides is 1. The van der Waals surface area contributed by atoms with E-state index in [4.69, 9.17) is 9.26 Å². The highest BCUT2D eigenvalue weighted by Gasteiger charge is 2.42. The first-order valence-electron chi connectivity index (χ1n) is 8.01. The molecule has 2 aromatic rings. The summed E-state index contributed by atoms with van der Waals surface area (Å²) in [5, 5.41) is 8.01. The Labute approximate surface area is 129 Å². The number of para-hydroxylation sites is 1. The van der Waals surface area contributed by atoms with Crippen LogP contribution in [0.4, 0.5) is 0 Å². The van der Waals surface area contributed by atoms with Crippen molar-refractivity contribution in [3.63, 3.8) is 0 Å². The molecule has 116 valence electrons. The Morgan fingerprint density at radius 1 is 1.32 bits per heavy atom. The minimum Gasteiger partial charge on any atom is -0.373 e. The molecule has 1 saturated carbocycles. The van der Waals surface area contributed by atoms with Gasteiger partial charge in [-0.2, -0.15) is 0 Å². The van der Waals surface area contributed by atoms with Crippen molar-refractivity contribution in [2.24, 2.45) is 0 Å². The highest BCUT2D eigenvalue weighted by atomic mass is 16.5. The number of hydrogen-bond donors (Lipinski definition) is 1. The van der Waals surface area contributed by atoms with E-state index in [9.17, 15) is 4.79 Å². The van der Waals surface area contributed by atoms with E-state index in [0.29, 0.717) is 12.3 Å². The number of fused-ring (bicyclic) bond motifs is 1. The SMILES string of the molecule is O=C(Cc1noc2ccccc12)N[C@H]1COC2(CCCC2)C1. The molecule has 1 aliphatic heterocycles. The summed E-state index contributed by atoms with van der Waals surface area (Å²) >= 11 is 0. The zero-order chi connectivity index (χ0) is 15.0. The summed E-state index contributed by atoms with van der Waals surface area (Å²) in [6, 6.07) is 7.74. The van der Waals surface area contributed by atoms with Crippen molar-refractivity contribution in [3.05, 3.63) is 30.0 Å². The third-order valence-corrected chi connectivity index (χ3v) is 4.87. The Hall–Kier alpha value is -1.88. The molecule has 1 saturated heterocycles. The van der Waals surface area contributed by atoms with Crippen molar-refractivity contribution in [3.8, 4) is 0 Å². The lowest BCUT2D eigenvalue weighted by Gasteiger charge is -2.21. The van der Waals surface area contributed by atoms with E-state index >= 15 is 0 Å². The second kappa shape index (κ2) is 5.39. The fourth-order valence-electron chi connectivity index (χ4n) is 3.80. The first kappa shape index (κ1) is 13.8. The van der Waals surface area contributed by atoms with Gasteiger partial charge in [0.25, 0.3) is 0 Å². The highest BCUT2D eigenvalue weighted by Crippen LogP contribution is 2.40. The largest absolute Gasteiger partial charge is 0.373 e. The number of hydrogen-bond acceptors (Lipinski definition) is 4. The number of carbonyl (C=O) groups excluding carboxylic acids is 1. The van der Waals surface area contributed by atoms with E-state index in [-0.39, 0.29) is 24.0 Å². The van der Waals surface area contributed by atoms with Crippen LogP contribution in [0.1, 0.15) is 37.8 Å². The molecule has 0 bridgehead atoms. The van der Waals surface area contributed by atoms with Gasteiger partial charge in [-0.15, -0.1) is 0 Å². The summed E-state index contributed by atoms with van der Waals surface area (Å²) in [6.07, 6.45) is 5.94. The molecule has 2 fully saturated rings. The Kier molecular flexibility index (Phi) is 3.37. The predicted molar refractivity (Wildman–Crippen MR) is 81.4 cm³/mol.